The lowest BCUT2D eigenvalue weighted by atomic mass is 10.0. The first-order chi connectivity index (χ1) is 20.6. The van der Waals surface area contributed by atoms with Crippen molar-refractivity contribution in [1.82, 2.24) is 0 Å². The predicted molar refractivity (Wildman–Crippen MR) is 181 cm³/mol. The number of carboxylic acid groups (broad SMARTS) is 1. The first kappa shape index (κ1) is 40.4. The molecule has 0 aliphatic heterocycles. The van der Waals surface area contributed by atoms with Gasteiger partial charge < -0.3 is 9.84 Å². The highest BCUT2D eigenvalue weighted by Gasteiger charge is 2.14. The molecule has 0 saturated heterocycles. The topological polar surface area (TPSA) is 63.6 Å². The monoisotopic (exact) mass is 591 g/mol. The van der Waals surface area contributed by atoms with Crippen LogP contribution in [0, 0.1) is 0 Å². The Morgan fingerprint density at radius 2 is 0.929 bits per heavy atom. The second-order valence-electron chi connectivity index (χ2n) is 12.4. The van der Waals surface area contributed by atoms with Crippen LogP contribution in [0.1, 0.15) is 200 Å². The van der Waals surface area contributed by atoms with E-state index in [9.17, 15) is 9.59 Å². The molecule has 42 heavy (non-hydrogen) atoms. The zero-order chi connectivity index (χ0) is 30.8. The van der Waals surface area contributed by atoms with Crippen LogP contribution in [-0.4, -0.2) is 23.1 Å². The molecule has 0 aromatic rings. The molecule has 4 nitrogen and oxygen atoms in total. The van der Waals surface area contributed by atoms with Crippen molar-refractivity contribution in [2.24, 2.45) is 0 Å². The van der Waals surface area contributed by atoms with Gasteiger partial charge in [-0.2, -0.15) is 0 Å². The summed E-state index contributed by atoms with van der Waals surface area (Å²) in [5, 5.41) is 8.76. The van der Waals surface area contributed by atoms with Crippen LogP contribution in [0.5, 0.6) is 0 Å². The van der Waals surface area contributed by atoms with Crippen molar-refractivity contribution in [3.63, 3.8) is 0 Å². The van der Waals surface area contributed by atoms with Gasteiger partial charge in [-0.05, 0) is 70.6 Å². The molecular weight excluding hydrogens is 520 g/mol. The third kappa shape index (κ3) is 32.9. The van der Waals surface area contributed by atoms with Crippen molar-refractivity contribution < 1.29 is 19.4 Å². The second kappa shape index (κ2) is 33.9. The van der Waals surface area contributed by atoms with E-state index >= 15 is 0 Å². The molecule has 0 aliphatic rings. The van der Waals surface area contributed by atoms with Crippen LogP contribution in [0.15, 0.2) is 24.3 Å². The molecule has 0 aliphatic carbocycles. The third-order valence-corrected chi connectivity index (χ3v) is 8.18. The first-order valence-corrected chi connectivity index (χ1v) is 18.3. The zero-order valence-corrected chi connectivity index (χ0v) is 28.1. The number of hydrogen-bond acceptors (Lipinski definition) is 3. The van der Waals surface area contributed by atoms with E-state index in [2.05, 4.69) is 38.2 Å². The highest BCUT2D eigenvalue weighted by atomic mass is 16.5. The van der Waals surface area contributed by atoms with Crippen LogP contribution in [0.4, 0.5) is 0 Å². The predicted octanol–water partition coefficient (Wildman–Crippen LogP) is 12.4. The van der Waals surface area contributed by atoms with Crippen molar-refractivity contribution in [3.8, 4) is 0 Å². The highest BCUT2D eigenvalue weighted by Crippen LogP contribution is 2.19. The number of unbranched alkanes of at least 4 members (excludes halogenated alkanes) is 20. The minimum Gasteiger partial charge on any atom is -0.481 e. The Balaban J connectivity index is 4.03. The lowest BCUT2D eigenvalue weighted by molar-refractivity contribution is -0.150. The molecule has 4 heteroatoms. The summed E-state index contributed by atoms with van der Waals surface area (Å²) in [6.07, 6.45) is 41.9. The maximum absolute atomic E-state index is 12.6. The Hall–Kier alpha value is -1.58. The van der Waals surface area contributed by atoms with Crippen LogP contribution in [0.2, 0.25) is 0 Å². The average Bonchev–Trinajstić information content (AvgIpc) is 2.97. The van der Waals surface area contributed by atoms with Crippen LogP contribution in [0.25, 0.3) is 0 Å². The zero-order valence-electron chi connectivity index (χ0n) is 28.1. The lowest BCUT2D eigenvalue weighted by Crippen LogP contribution is -2.18. The van der Waals surface area contributed by atoms with Gasteiger partial charge in [-0.25, -0.2) is 0 Å². The molecule has 1 unspecified atom stereocenters. The minimum atomic E-state index is -0.694. The van der Waals surface area contributed by atoms with Crippen molar-refractivity contribution in [2.75, 3.05) is 0 Å². The number of hydrogen-bond donors (Lipinski definition) is 1. The molecule has 0 spiro atoms. The molecule has 0 saturated carbocycles. The van der Waals surface area contributed by atoms with Gasteiger partial charge in [-0.3, -0.25) is 9.59 Å². The number of carboxylic acids is 1. The van der Waals surface area contributed by atoms with Crippen molar-refractivity contribution in [3.05, 3.63) is 24.3 Å². The van der Waals surface area contributed by atoms with Crippen molar-refractivity contribution >= 4 is 11.9 Å². The van der Waals surface area contributed by atoms with Gasteiger partial charge in [-0.15, -0.1) is 0 Å². The molecule has 0 aromatic heterocycles. The summed E-state index contributed by atoms with van der Waals surface area (Å²) >= 11 is 0. The third-order valence-electron chi connectivity index (χ3n) is 8.18. The number of carbonyl (C=O) groups excluding carboxylic acids is 1. The number of carbonyl (C=O) groups is 2. The molecular formula is C38H70O4. The molecule has 1 atom stereocenters. The van der Waals surface area contributed by atoms with E-state index in [1.54, 1.807) is 0 Å². The van der Waals surface area contributed by atoms with E-state index < -0.39 is 5.97 Å². The summed E-state index contributed by atoms with van der Waals surface area (Å²) in [7, 11) is 0. The molecule has 0 radical (unpaired) electrons. The highest BCUT2D eigenvalue weighted by molar-refractivity contribution is 5.69. The summed E-state index contributed by atoms with van der Waals surface area (Å²) in [6, 6.07) is 0. The summed E-state index contributed by atoms with van der Waals surface area (Å²) in [5.41, 5.74) is 0. The molecule has 0 rings (SSSR count). The number of aliphatic carboxylic acids is 1. The molecule has 246 valence electrons. The van der Waals surface area contributed by atoms with Gasteiger partial charge in [0, 0.05) is 12.8 Å². The lowest BCUT2D eigenvalue weighted by Gasteiger charge is -2.18. The van der Waals surface area contributed by atoms with Crippen LogP contribution in [-0.2, 0) is 14.3 Å². The Morgan fingerprint density at radius 3 is 1.45 bits per heavy atom. The quantitative estimate of drug-likeness (QED) is 0.0469. The van der Waals surface area contributed by atoms with Crippen LogP contribution < -0.4 is 0 Å². The summed E-state index contributed by atoms with van der Waals surface area (Å²) in [4.78, 5) is 23.2. The summed E-state index contributed by atoms with van der Waals surface area (Å²) in [6.45, 7) is 4.51. The van der Waals surface area contributed by atoms with E-state index in [0.717, 1.165) is 83.5 Å². The van der Waals surface area contributed by atoms with Crippen LogP contribution in [0.3, 0.4) is 0 Å². The van der Waals surface area contributed by atoms with E-state index in [1.807, 2.05) is 0 Å². The van der Waals surface area contributed by atoms with Crippen molar-refractivity contribution in [2.45, 2.75) is 206 Å². The molecule has 0 fully saturated rings. The number of esters is 1. The van der Waals surface area contributed by atoms with E-state index in [-0.39, 0.29) is 18.5 Å². The standard InChI is InChI=1S/C38H70O4/c1-3-5-7-9-11-13-14-15-16-17-18-19-21-27-31-35-38(41)42-36(32-28-24-20-12-10-8-6-4-2)33-29-25-22-23-26-30-34-37(39)40/h11,13,15-16,36H,3-10,12,14,17-35H2,1-2H3,(H,39,40)/b13-11-,16-15-. The smallest absolute Gasteiger partial charge is 0.306 e. The maximum Gasteiger partial charge on any atom is 0.306 e. The molecule has 1 N–H and O–H groups in total. The molecule has 0 heterocycles. The van der Waals surface area contributed by atoms with Gasteiger partial charge in [0.15, 0.2) is 0 Å². The van der Waals surface area contributed by atoms with Gasteiger partial charge in [0.2, 0.25) is 0 Å². The van der Waals surface area contributed by atoms with Crippen LogP contribution >= 0.6 is 0 Å². The van der Waals surface area contributed by atoms with Gasteiger partial charge in [0.05, 0.1) is 0 Å². The Bertz CT molecular complexity index is 639. The Kier molecular flexibility index (Phi) is 32.6. The summed E-state index contributed by atoms with van der Waals surface area (Å²) < 4.78 is 5.98. The molecule has 0 amide bonds. The van der Waals surface area contributed by atoms with Gasteiger partial charge in [0.25, 0.3) is 0 Å². The Labute approximate surface area is 261 Å². The maximum atomic E-state index is 12.6. The SMILES string of the molecule is CCCCC/C=C\C/C=C\CCCCCCCC(=O)OC(CCCCCCCCCC)CCCCCCCCC(=O)O. The fourth-order valence-electron chi connectivity index (χ4n) is 5.45. The van der Waals surface area contributed by atoms with E-state index in [4.69, 9.17) is 9.84 Å². The van der Waals surface area contributed by atoms with E-state index in [0.29, 0.717) is 6.42 Å². The van der Waals surface area contributed by atoms with E-state index in [1.165, 1.54) is 89.9 Å². The number of ether oxygens (including phenoxy) is 1. The molecule has 0 aromatic carbocycles. The van der Waals surface area contributed by atoms with Gasteiger partial charge in [-0.1, -0.05) is 141 Å². The van der Waals surface area contributed by atoms with Crippen molar-refractivity contribution in [1.29, 1.82) is 0 Å². The first-order valence-electron chi connectivity index (χ1n) is 18.3. The number of rotatable bonds is 33. The largest absolute Gasteiger partial charge is 0.481 e. The normalized spacial score (nSPS) is 12.4. The van der Waals surface area contributed by atoms with Gasteiger partial charge >= 0.3 is 11.9 Å². The number of allylic oxidation sites excluding steroid dienone is 4. The minimum absolute atomic E-state index is 0.00100. The summed E-state index contributed by atoms with van der Waals surface area (Å²) in [5.74, 6) is -0.695. The average molecular weight is 591 g/mol. The van der Waals surface area contributed by atoms with Gasteiger partial charge in [0.1, 0.15) is 6.10 Å². The fourth-order valence-corrected chi connectivity index (χ4v) is 5.45. The fraction of sp³-hybridized carbons (Fsp3) is 0.842. The molecule has 0 bridgehead atoms. The Morgan fingerprint density at radius 1 is 0.524 bits per heavy atom. The second-order valence-corrected chi connectivity index (χ2v) is 12.4.